The van der Waals surface area contributed by atoms with Gasteiger partial charge in [-0.1, -0.05) is 23.7 Å². The Kier molecular flexibility index (Phi) is 6.68. The molecule has 2 amide bonds. The van der Waals surface area contributed by atoms with Gasteiger partial charge in [0.2, 0.25) is 5.91 Å². The number of hydrogen-bond acceptors (Lipinski definition) is 6. The van der Waals surface area contributed by atoms with Crippen molar-refractivity contribution in [3.63, 3.8) is 0 Å². The predicted molar refractivity (Wildman–Crippen MR) is 109 cm³/mol. The summed E-state index contributed by atoms with van der Waals surface area (Å²) < 4.78 is 9.70. The van der Waals surface area contributed by atoms with Gasteiger partial charge in [0, 0.05) is 18.7 Å². The number of anilines is 2. The normalized spacial score (nSPS) is 15.6. The molecule has 0 spiro atoms. The van der Waals surface area contributed by atoms with E-state index in [-0.39, 0.29) is 18.9 Å². The highest BCUT2D eigenvalue weighted by Crippen LogP contribution is 2.26. The van der Waals surface area contributed by atoms with E-state index in [0.29, 0.717) is 22.0 Å². The number of halogens is 1. The maximum absolute atomic E-state index is 12.3. The van der Waals surface area contributed by atoms with Crippen LogP contribution in [0.2, 0.25) is 5.02 Å². The summed E-state index contributed by atoms with van der Waals surface area (Å²) in [5.41, 5.74) is 1.32. The fraction of sp³-hybridized carbons (Fsp3) is 0.238. The first-order valence-corrected chi connectivity index (χ1v) is 9.46. The Balaban J connectivity index is 1.54. The third kappa shape index (κ3) is 4.96. The second-order valence-electron chi connectivity index (χ2n) is 6.58. The summed E-state index contributed by atoms with van der Waals surface area (Å²) in [7, 11) is 1.28. The number of rotatable bonds is 6. The van der Waals surface area contributed by atoms with Crippen LogP contribution in [0.1, 0.15) is 16.8 Å². The standard InChI is InChI=1S/C21H19ClN2O6/c1-29-20(27)13-6-8-15(9-7-13)24-11-14(10-19(24)26)21(28)30-12-18(25)23-17-5-3-2-4-16(17)22/h2-9,14H,10-12H2,1H3,(H,23,25)/t14-/m0/s1. The molecule has 1 saturated heterocycles. The van der Waals surface area contributed by atoms with Crippen LogP contribution in [0.3, 0.4) is 0 Å². The average molecular weight is 431 g/mol. The zero-order valence-corrected chi connectivity index (χ0v) is 16.8. The van der Waals surface area contributed by atoms with Gasteiger partial charge < -0.3 is 19.7 Å². The molecule has 3 rings (SSSR count). The van der Waals surface area contributed by atoms with Gasteiger partial charge in [0.25, 0.3) is 5.91 Å². The molecule has 0 aromatic heterocycles. The van der Waals surface area contributed by atoms with E-state index in [1.807, 2.05) is 0 Å². The number of carbonyl (C=O) groups is 4. The van der Waals surface area contributed by atoms with E-state index < -0.39 is 30.4 Å². The molecule has 0 saturated carbocycles. The number of carbonyl (C=O) groups excluding carboxylic acids is 4. The lowest BCUT2D eigenvalue weighted by Crippen LogP contribution is -2.28. The number of esters is 2. The third-order valence-electron chi connectivity index (χ3n) is 4.55. The highest BCUT2D eigenvalue weighted by molar-refractivity contribution is 6.33. The lowest BCUT2D eigenvalue weighted by Gasteiger charge is -2.16. The molecular weight excluding hydrogens is 412 g/mol. The maximum atomic E-state index is 12.3. The van der Waals surface area contributed by atoms with E-state index in [4.69, 9.17) is 16.3 Å². The van der Waals surface area contributed by atoms with Crippen molar-refractivity contribution in [1.82, 2.24) is 0 Å². The summed E-state index contributed by atoms with van der Waals surface area (Å²) in [4.78, 5) is 49.6. The first-order valence-electron chi connectivity index (χ1n) is 9.09. The topological polar surface area (TPSA) is 102 Å². The van der Waals surface area contributed by atoms with Gasteiger partial charge in [-0.15, -0.1) is 0 Å². The van der Waals surface area contributed by atoms with Crippen LogP contribution in [0, 0.1) is 5.92 Å². The Morgan fingerprint density at radius 2 is 1.83 bits per heavy atom. The van der Waals surface area contributed by atoms with Crippen molar-refractivity contribution in [2.75, 3.05) is 30.5 Å². The van der Waals surface area contributed by atoms with Gasteiger partial charge in [-0.2, -0.15) is 0 Å². The lowest BCUT2D eigenvalue weighted by atomic mass is 10.1. The molecule has 9 heteroatoms. The number of ether oxygens (including phenoxy) is 2. The summed E-state index contributed by atoms with van der Waals surface area (Å²) in [6.07, 6.45) is -0.0241. The summed E-state index contributed by atoms with van der Waals surface area (Å²) in [5.74, 6) is -2.58. The second kappa shape index (κ2) is 9.41. The molecule has 0 aliphatic carbocycles. The lowest BCUT2D eigenvalue weighted by molar-refractivity contribution is -0.151. The van der Waals surface area contributed by atoms with Crippen LogP contribution in [0.4, 0.5) is 11.4 Å². The predicted octanol–water partition coefficient (Wildman–Crippen LogP) is 2.66. The van der Waals surface area contributed by atoms with Crippen LogP contribution in [-0.2, 0) is 23.9 Å². The summed E-state index contributed by atoms with van der Waals surface area (Å²) >= 11 is 5.97. The molecule has 8 nitrogen and oxygen atoms in total. The monoisotopic (exact) mass is 430 g/mol. The molecule has 0 radical (unpaired) electrons. The first-order chi connectivity index (χ1) is 14.4. The molecule has 1 N–H and O–H groups in total. The van der Waals surface area contributed by atoms with Gasteiger partial charge in [-0.25, -0.2) is 4.79 Å². The van der Waals surface area contributed by atoms with Crippen LogP contribution in [0.15, 0.2) is 48.5 Å². The number of benzene rings is 2. The van der Waals surface area contributed by atoms with Crippen LogP contribution in [0.25, 0.3) is 0 Å². The molecule has 1 heterocycles. The van der Waals surface area contributed by atoms with E-state index >= 15 is 0 Å². The number of para-hydroxylation sites is 1. The van der Waals surface area contributed by atoms with E-state index in [0.717, 1.165) is 0 Å². The van der Waals surface area contributed by atoms with Crippen LogP contribution in [0.5, 0.6) is 0 Å². The van der Waals surface area contributed by atoms with Crippen molar-refractivity contribution in [2.45, 2.75) is 6.42 Å². The van der Waals surface area contributed by atoms with Gasteiger partial charge in [-0.3, -0.25) is 14.4 Å². The van der Waals surface area contributed by atoms with Gasteiger partial charge in [0.1, 0.15) is 0 Å². The summed E-state index contributed by atoms with van der Waals surface area (Å²) in [6.45, 7) is -0.357. The average Bonchev–Trinajstić information content (AvgIpc) is 3.15. The van der Waals surface area contributed by atoms with Gasteiger partial charge in [-0.05, 0) is 36.4 Å². The largest absolute Gasteiger partial charge is 0.465 e. The number of amides is 2. The van der Waals surface area contributed by atoms with E-state index in [2.05, 4.69) is 10.1 Å². The van der Waals surface area contributed by atoms with E-state index in [1.54, 1.807) is 48.5 Å². The molecule has 0 bridgehead atoms. The van der Waals surface area contributed by atoms with Crippen LogP contribution >= 0.6 is 11.6 Å². The highest BCUT2D eigenvalue weighted by atomic mass is 35.5. The fourth-order valence-corrected chi connectivity index (χ4v) is 3.20. The molecule has 0 unspecified atom stereocenters. The summed E-state index contributed by atoms with van der Waals surface area (Å²) in [6, 6.07) is 13.0. The number of hydrogen-bond donors (Lipinski definition) is 1. The quantitative estimate of drug-likeness (QED) is 0.707. The zero-order chi connectivity index (χ0) is 21.7. The molecular formula is C21H19ClN2O6. The molecule has 2 aromatic carbocycles. The number of nitrogens with zero attached hydrogens (tertiary/aromatic N) is 1. The summed E-state index contributed by atoms with van der Waals surface area (Å²) in [5, 5.41) is 2.92. The second-order valence-corrected chi connectivity index (χ2v) is 6.99. The van der Waals surface area contributed by atoms with Crippen molar-refractivity contribution >= 4 is 46.7 Å². The smallest absolute Gasteiger partial charge is 0.337 e. The molecule has 30 heavy (non-hydrogen) atoms. The zero-order valence-electron chi connectivity index (χ0n) is 16.1. The molecule has 1 atom stereocenters. The number of nitrogens with one attached hydrogen (secondary N) is 1. The first kappa shape index (κ1) is 21.3. The Morgan fingerprint density at radius 1 is 1.13 bits per heavy atom. The molecule has 1 fully saturated rings. The van der Waals surface area contributed by atoms with Crippen molar-refractivity contribution in [3.05, 3.63) is 59.1 Å². The van der Waals surface area contributed by atoms with Crippen molar-refractivity contribution in [2.24, 2.45) is 5.92 Å². The minimum atomic E-state index is -0.689. The van der Waals surface area contributed by atoms with Crippen molar-refractivity contribution in [1.29, 1.82) is 0 Å². The molecule has 156 valence electrons. The van der Waals surface area contributed by atoms with Gasteiger partial charge in [0.05, 0.1) is 29.3 Å². The van der Waals surface area contributed by atoms with Crippen LogP contribution in [-0.4, -0.2) is 44.0 Å². The third-order valence-corrected chi connectivity index (χ3v) is 4.88. The van der Waals surface area contributed by atoms with Gasteiger partial charge >= 0.3 is 11.9 Å². The maximum Gasteiger partial charge on any atom is 0.337 e. The van der Waals surface area contributed by atoms with Crippen molar-refractivity contribution < 1.29 is 28.7 Å². The molecule has 1 aliphatic rings. The van der Waals surface area contributed by atoms with Crippen LogP contribution < -0.4 is 10.2 Å². The Labute approximate surface area is 177 Å². The minimum absolute atomic E-state index is 0.0241. The SMILES string of the molecule is COC(=O)c1ccc(N2C[C@@H](C(=O)OCC(=O)Nc3ccccc3Cl)CC2=O)cc1. The van der Waals surface area contributed by atoms with Crippen molar-refractivity contribution in [3.8, 4) is 0 Å². The van der Waals surface area contributed by atoms with E-state index in [9.17, 15) is 19.2 Å². The minimum Gasteiger partial charge on any atom is -0.465 e. The van der Waals surface area contributed by atoms with E-state index in [1.165, 1.54) is 12.0 Å². The number of methoxy groups -OCH3 is 1. The Morgan fingerprint density at radius 3 is 2.50 bits per heavy atom. The molecule has 1 aliphatic heterocycles. The fourth-order valence-electron chi connectivity index (χ4n) is 3.01. The van der Waals surface area contributed by atoms with Gasteiger partial charge in [0.15, 0.2) is 6.61 Å². The highest BCUT2D eigenvalue weighted by Gasteiger charge is 2.36. The Bertz CT molecular complexity index is 976. The Hall–Kier alpha value is -3.39. The molecule has 2 aromatic rings.